The number of aromatic nitrogens is 2. The Kier molecular flexibility index (Phi) is 5.03. The van der Waals surface area contributed by atoms with Crippen LogP contribution in [0.1, 0.15) is 24.0 Å². The summed E-state index contributed by atoms with van der Waals surface area (Å²) in [6.45, 7) is 4.20. The molecule has 0 spiro atoms. The molecular formula is C21H23ClN4O. The van der Waals surface area contributed by atoms with E-state index in [-0.39, 0.29) is 11.8 Å². The molecule has 2 N–H and O–H groups in total. The van der Waals surface area contributed by atoms with Crippen LogP contribution >= 0.6 is 11.6 Å². The standard InChI is InChI=1S/C21H23ClN4O/c1-14-4-2-5-15(10-14)12-23-20(27)16-6-3-9-26(13-16)21-24-18-8-7-17(22)11-19(18)25-21/h2,4-5,7-8,10-11,16H,3,6,9,12-13H2,1H3,(H,23,27)(H,24,25). The number of rotatable bonds is 4. The predicted octanol–water partition coefficient (Wildman–Crippen LogP) is 4.06. The van der Waals surface area contributed by atoms with E-state index in [9.17, 15) is 4.79 Å². The lowest BCUT2D eigenvalue weighted by atomic mass is 9.97. The van der Waals surface area contributed by atoms with Crippen molar-refractivity contribution in [3.05, 3.63) is 58.6 Å². The summed E-state index contributed by atoms with van der Waals surface area (Å²) in [4.78, 5) is 22.8. The molecule has 0 bridgehead atoms. The zero-order valence-electron chi connectivity index (χ0n) is 15.3. The third-order valence-corrected chi connectivity index (χ3v) is 5.31. The van der Waals surface area contributed by atoms with Gasteiger partial charge >= 0.3 is 0 Å². The summed E-state index contributed by atoms with van der Waals surface area (Å²) < 4.78 is 0. The van der Waals surface area contributed by atoms with Crippen molar-refractivity contribution in [1.29, 1.82) is 0 Å². The van der Waals surface area contributed by atoms with Crippen LogP contribution in [0.15, 0.2) is 42.5 Å². The molecular weight excluding hydrogens is 360 g/mol. The maximum absolute atomic E-state index is 12.7. The van der Waals surface area contributed by atoms with Crippen molar-refractivity contribution in [1.82, 2.24) is 15.3 Å². The van der Waals surface area contributed by atoms with E-state index in [1.54, 1.807) is 0 Å². The molecule has 0 radical (unpaired) electrons. The predicted molar refractivity (Wildman–Crippen MR) is 109 cm³/mol. The third kappa shape index (κ3) is 4.08. The molecule has 3 aromatic rings. The second kappa shape index (κ2) is 7.61. The number of hydrogen-bond donors (Lipinski definition) is 2. The number of carbonyl (C=O) groups is 1. The first-order valence-corrected chi connectivity index (χ1v) is 9.70. The summed E-state index contributed by atoms with van der Waals surface area (Å²) in [5.74, 6) is 0.893. The Bertz CT molecular complexity index is 968. The number of fused-ring (bicyclic) bond motifs is 1. The number of H-pyrrole nitrogens is 1. The van der Waals surface area contributed by atoms with E-state index in [2.05, 4.69) is 39.2 Å². The van der Waals surface area contributed by atoms with Crippen molar-refractivity contribution in [2.24, 2.45) is 5.92 Å². The molecule has 1 aliphatic rings. The largest absolute Gasteiger partial charge is 0.352 e. The van der Waals surface area contributed by atoms with Gasteiger partial charge in [0.05, 0.1) is 17.0 Å². The molecule has 2 aromatic carbocycles. The number of hydrogen-bond acceptors (Lipinski definition) is 3. The van der Waals surface area contributed by atoms with Crippen LogP contribution in [0.25, 0.3) is 11.0 Å². The average Bonchev–Trinajstić information content (AvgIpc) is 3.09. The van der Waals surface area contributed by atoms with Crippen molar-refractivity contribution < 1.29 is 4.79 Å². The summed E-state index contributed by atoms with van der Waals surface area (Å²) in [7, 11) is 0. The van der Waals surface area contributed by atoms with Gasteiger partial charge in [-0.2, -0.15) is 0 Å². The minimum absolute atomic E-state index is 0.0274. The number of benzene rings is 2. The second-order valence-electron chi connectivity index (χ2n) is 7.21. The van der Waals surface area contributed by atoms with Crippen molar-refractivity contribution in [3.63, 3.8) is 0 Å². The van der Waals surface area contributed by atoms with Crippen LogP contribution in [0, 0.1) is 12.8 Å². The first-order chi connectivity index (χ1) is 13.1. The number of amides is 1. The lowest BCUT2D eigenvalue weighted by Gasteiger charge is -2.31. The van der Waals surface area contributed by atoms with Crippen molar-refractivity contribution >= 4 is 34.5 Å². The number of imidazole rings is 1. The van der Waals surface area contributed by atoms with Crippen molar-refractivity contribution in [2.75, 3.05) is 18.0 Å². The Morgan fingerprint density at radius 2 is 2.22 bits per heavy atom. The average molecular weight is 383 g/mol. The Balaban J connectivity index is 1.41. The van der Waals surface area contributed by atoms with Gasteiger partial charge in [-0.3, -0.25) is 4.79 Å². The van der Waals surface area contributed by atoms with E-state index in [1.165, 1.54) is 5.56 Å². The minimum atomic E-state index is -0.0274. The van der Waals surface area contributed by atoms with Gasteiger partial charge in [0.15, 0.2) is 0 Å². The highest BCUT2D eigenvalue weighted by Gasteiger charge is 2.27. The van der Waals surface area contributed by atoms with Gasteiger partial charge in [-0.15, -0.1) is 0 Å². The van der Waals surface area contributed by atoms with Gasteiger partial charge in [-0.25, -0.2) is 4.98 Å². The van der Waals surface area contributed by atoms with E-state index in [1.807, 2.05) is 30.3 Å². The number of piperidine rings is 1. The van der Waals surface area contributed by atoms with Gasteiger partial charge in [0.25, 0.3) is 0 Å². The Morgan fingerprint density at radius 1 is 1.33 bits per heavy atom. The van der Waals surface area contributed by atoms with E-state index >= 15 is 0 Å². The molecule has 1 saturated heterocycles. The fraction of sp³-hybridized carbons (Fsp3) is 0.333. The monoisotopic (exact) mass is 382 g/mol. The van der Waals surface area contributed by atoms with E-state index in [0.717, 1.165) is 41.9 Å². The maximum Gasteiger partial charge on any atom is 0.225 e. The first-order valence-electron chi connectivity index (χ1n) is 9.32. The summed E-state index contributed by atoms with van der Waals surface area (Å²) in [6, 6.07) is 13.9. The molecule has 0 aliphatic carbocycles. The zero-order valence-corrected chi connectivity index (χ0v) is 16.1. The van der Waals surface area contributed by atoms with Crippen LogP contribution in [-0.2, 0) is 11.3 Å². The number of aromatic amines is 1. The van der Waals surface area contributed by atoms with Crippen LogP contribution in [0.4, 0.5) is 5.95 Å². The van der Waals surface area contributed by atoms with E-state index in [4.69, 9.17) is 11.6 Å². The van der Waals surface area contributed by atoms with Crippen LogP contribution in [0.2, 0.25) is 5.02 Å². The number of nitrogens with one attached hydrogen (secondary N) is 2. The van der Waals surface area contributed by atoms with Crippen LogP contribution in [0.5, 0.6) is 0 Å². The normalized spacial score (nSPS) is 17.3. The third-order valence-electron chi connectivity index (χ3n) is 5.07. The molecule has 27 heavy (non-hydrogen) atoms. The molecule has 0 saturated carbocycles. The molecule has 140 valence electrons. The van der Waals surface area contributed by atoms with Crippen LogP contribution < -0.4 is 10.2 Å². The van der Waals surface area contributed by atoms with Crippen molar-refractivity contribution in [3.8, 4) is 0 Å². The topological polar surface area (TPSA) is 61.0 Å². The van der Waals surface area contributed by atoms with Gasteiger partial charge < -0.3 is 15.2 Å². The molecule has 1 aromatic heterocycles. The number of carbonyl (C=O) groups excluding carboxylic acids is 1. The molecule has 2 heterocycles. The number of aryl methyl sites for hydroxylation is 1. The number of anilines is 1. The molecule has 5 nitrogen and oxygen atoms in total. The zero-order chi connectivity index (χ0) is 18.8. The SMILES string of the molecule is Cc1cccc(CNC(=O)C2CCCN(c3nc4ccc(Cl)cc4[nH]3)C2)c1. The van der Waals surface area contributed by atoms with E-state index in [0.29, 0.717) is 18.1 Å². The fourth-order valence-electron chi connectivity index (χ4n) is 3.66. The second-order valence-corrected chi connectivity index (χ2v) is 7.65. The smallest absolute Gasteiger partial charge is 0.225 e. The molecule has 6 heteroatoms. The maximum atomic E-state index is 12.7. The lowest BCUT2D eigenvalue weighted by Crippen LogP contribution is -2.43. The summed E-state index contributed by atoms with van der Waals surface area (Å²) >= 11 is 6.06. The summed E-state index contributed by atoms with van der Waals surface area (Å²) in [6.07, 6.45) is 1.88. The highest BCUT2D eigenvalue weighted by Crippen LogP contribution is 2.25. The first kappa shape index (κ1) is 17.9. The van der Waals surface area contributed by atoms with E-state index < -0.39 is 0 Å². The molecule has 4 rings (SSSR count). The van der Waals surface area contributed by atoms with Gasteiger partial charge in [-0.1, -0.05) is 41.4 Å². The highest BCUT2D eigenvalue weighted by atomic mass is 35.5. The van der Waals surface area contributed by atoms with Gasteiger partial charge in [0.2, 0.25) is 11.9 Å². The van der Waals surface area contributed by atoms with Gasteiger partial charge in [-0.05, 0) is 43.5 Å². The molecule has 1 amide bonds. The fourth-order valence-corrected chi connectivity index (χ4v) is 3.83. The molecule has 1 atom stereocenters. The summed E-state index contributed by atoms with van der Waals surface area (Å²) in [5, 5.41) is 3.77. The lowest BCUT2D eigenvalue weighted by molar-refractivity contribution is -0.125. The highest BCUT2D eigenvalue weighted by molar-refractivity contribution is 6.31. The molecule has 1 fully saturated rings. The van der Waals surface area contributed by atoms with Crippen LogP contribution in [0.3, 0.4) is 0 Å². The summed E-state index contributed by atoms with van der Waals surface area (Å²) in [5.41, 5.74) is 4.14. The molecule has 1 unspecified atom stereocenters. The van der Waals surface area contributed by atoms with Crippen molar-refractivity contribution in [2.45, 2.75) is 26.3 Å². The number of halogens is 1. The minimum Gasteiger partial charge on any atom is -0.352 e. The Morgan fingerprint density at radius 3 is 3.07 bits per heavy atom. The van der Waals surface area contributed by atoms with Gasteiger partial charge in [0, 0.05) is 24.7 Å². The Hall–Kier alpha value is -2.53. The Labute approximate surface area is 163 Å². The van der Waals surface area contributed by atoms with Crippen LogP contribution in [-0.4, -0.2) is 29.0 Å². The van der Waals surface area contributed by atoms with Gasteiger partial charge in [0.1, 0.15) is 0 Å². The number of nitrogens with zero attached hydrogens (tertiary/aromatic N) is 2. The quantitative estimate of drug-likeness (QED) is 0.715. The molecule has 1 aliphatic heterocycles.